The number of hydrogen-bond acceptors (Lipinski definition) is 8. The maximum atomic E-state index is 11.8. The Balaban J connectivity index is 2.09. The number of fused-ring (bicyclic) bond motifs is 1. The molecule has 1 aliphatic rings. The number of benzene rings is 1. The lowest BCUT2D eigenvalue weighted by atomic mass is 10.1. The molecule has 0 bridgehead atoms. The quantitative estimate of drug-likeness (QED) is 0.351. The molecule has 10 heteroatoms. The van der Waals surface area contributed by atoms with Gasteiger partial charge in [-0.15, -0.1) is 0 Å². The molecular weight excluding hydrogens is 280 g/mol. The number of nitro groups is 1. The van der Waals surface area contributed by atoms with E-state index in [4.69, 9.17) is 5.84 Å². The molecule has 0 radical (unpaired) electrons. The molecule has 1 aromatic carbocycles. The number of nitrogens with zero attached hydrogens (tertiary/aromatic N) is 4. The molecule has 1 aliphatic heterocycles. The van der Waals surface area contributed by atoms with Gasteiger partial charge in [0.2, 0.25) is 5.52 Å². The number of amides is 1. The molecule has 0 spiro atoms. The van der Waals surface area contributed by atoms with Crippen LogP contribution in [0.25, 0.3) is 11.0 Å². The Morgan fingerprint density at radius 2 is 2.24 bits per heavy atom. The van der Waals surface area contributed by atoms with Crippen molar-refractivity contribution in [1.29, 1.82) is 0 Å². The largest absolute Gasteiger partial charge is 0.358 e. The van der Waals surface area contributed by atoms with Gasteiger partial charge in [-0.05, 0) is 29.2 Å². The van der Waals surface area contributed by atoms with E-state index in [-0.39, 0.29) is 22.6 Å². The third kappa shape index (κ3) is 2.05. The molecule has 3 rings (SSSR count). The van der Waals surface area contributed by atoms with Crippen molar-refractivity contribution in [1.82, 2.24) is 15.7 Å². The first-order valence-corrected chi connectivity index (χ1v) is 6.30. The number of carbonyl (C=O) groups excluding carboxylic acids is 1. The molecule has 2 aromatic rings. The molecule has 1 atom stereocenters. The van der Waals surface area contributed by atoms with Crippen LogP contribution in [0.3, 0.4) is 0 Å². The molecule has 1 fully saturated rings. The Morgan fingerprint density at radius 1 is 1.48 bits per heavy atom. The fourth-order valence-corrected chi connectivity index (χ4v) is 2.64. The molecule has 10 nitrogen and oxygen atoms in total. The first-order chi connectivity index (χ1) is 10.1. The molecule has 3 N–H and O–H groups in total. The highest BCUT2D eigenvalue weighted by Gasteiger charge is 2.33. The number of nitrogens with one attached hydrogen (secondary N) is 1. The van der Waals surface area contributed by atoms with E-state index in [1.165, 1.54) is 6.07 Å². The standard InChI is InChI=1S/C11H12N6O4/c12-13-11(18)8-2-1-5-16(8)6-3-4-7(17(19)20)10-9(6)14-21-15-10/h3-4,8H,1-2,5,12H2,(H,13,18). The average molecular weight is 292 g/mol. The van der Waals surface area contributed by atoms with E-state index >= 15 is 0 Å². The van der Waals surface area contributed by atoms with Crippen molar-refractivity contribution in [2.24, 2.45) is 5.84 Å². The summed E-state index contributed by atoms with van der Waals surface area (Å²) in [6, 6.07) is 2.45. The maximum Gasteiger partial charge on any atom is 0.300 e. The average Bonchev–Trinajstić information content (AvgIpc) is 3.13. The summed E-state index contributed by atoms with van der Waals surface area (Å²) in [5.41, 5.74) is 2.85. The molecule has 1 aromatic heterocycles. The molecule has 1 saturated heterocycles. The lowest BCUT2D eigenvalue weighted by Gasteiger charge is -2.24. The van der Waals surface area contributed by atoms with Gasteiger partial charge < -0.3 is 4.90 Å². The number of nitro benzene ring substituents is 1. The van der Waals surface area contributed by atoms with Crippen LogP contribution in [0.15, 0.2) is 16.8 Å². The summed E-state index contributed by atoms with van der Waals surface area (Å²) in [7, 11) is 0. The fraction of sp³-hybridized carbons (Fsp3) is 0.364. The summed E-state index contributed by atoms with van der Waals surface area (Å²) >= 11 is 0. The fourth-order valence-electron chi connectivity index (χ4n) is 2.64. The van der Waals surface area contributed by atoms with Gasteiger partial charge in [0.05, 0.1) is 10.6 Å². The van der Waals surface area contributed by atoms with Crippen molar-refractivity contribution in [3.8, 4) is 0 Å². The number of hydrogen-bond donors (Lipinski definition) is 2. The molecule has 110 valence electrons. The van der Waals surface area contributed by atoms with Gasteiger partial charge in [-0.25, -0.2) is 10.5 Å². The minimum atomic E-state index is -0.551. The van der Waals surface area contributed by atoms with Crippen LogP contribution in [0.2, 0.25) is 0 Å². The molecule has 21 heavy (non-hydrogen) atoms. The van der Waals surface area contributed by atoms with E-state index in [1.54, 1.807) is 11.0 Å². The van der Waals surface area contributed by atoms with Gasteiger partial charge in [0.1, 0.15) is 6.04 Å². The normalized spacial score (nSPS) is 18.1. The zero-order valence-electron chi connectivity index (χ0n) is 10.9. The second-order valence-electron chi connectivity index (χ2n) is 4.68. The SMILES string of the molecule is NNC(=O)C1CCCN1c1ccc([N+](=O)[O-])c2nonc12. The van der Waals surface area contributed by atoms with Gasteiger partial charge in [-0.2, -0.15) is 0 Å². The second kappa shape index (κ2) is 4.98. The topological polar surface area (TPSA) is 140 Å². The number of hydrazine groups is 1. The molecule has 2 heterocycles. The Hall–Kier alpha value is -2.75. The summed E-state index contributed by atoms with van der Waals surface area (Å²) in [6.45, 7) is 0.623. The second-order valence-corrected chi connectivity index (χ2v) is 4.68. The van der Waals surface area contributed by atoms with E-state index in [1.807, 2.05) is 0 Å². The van der Waals surface area contributed by atoms with Gasteiger partial charge in [0.25, 0.3) is 5.91 Å². The van der Waals surface area contributed by atoms with Crippen molar-refractivity contribution >= 4 is 28.3 Å². The van der Waals surface area contributed by atoms with E-state index < -0.39 is 11.0 Å². The first-order valence-electron chi connectivity index (χ1n) is 6.30. The predicted molar refractivity (Wildman–Crippen MR) is 71.2 cm³/mol. The Kier molecular flexibility index (Phi) is 3.14. The number of aromatic nitrogens is 2. The number of non-ortho nitro benzene ring substituents is 1. The third-order valence-electron chi connectivity index (χ3n) is 3.58. The van der Waals surface area contributed by atoms with Crippen LogP contribution in [0, 0.1) is 10.1 Å². The zero-order chi connectivity index (χ0) is 15.0. The van der Waals surface area contributed by atoms with Gasteiger partial charge in [-0.3, -0.25) is 20.3 Å². The van der Waals surface area contributed by atoms with Crippen molar-refractivity contribution in [3.05, 3.63) is 22.2 Å². The van der Waals surface area contributed by atoms with Crippen LogP contribution in [0.5, 0.6) is 0 Å². The third-order valence-corrected chi connectivity index (χ3v) is 3.58. The summed E-state index contributed by atoms with van der Waals surface area (Å²) in [6.07, 6.45) is 1.45. The molecule has 1 amide bonds. The predicted octanol–water partition coefficient (Wildman–Crippen LogP) is 0.0897. The smallest absolute Gasteiger partial charge is 0.300 e. The van der Waals surface area contributed by atoms with Gasteiger partial charge >= 0.3 is 5.69 Å². The lowest BCUT2D eigenvalue weighted by molar-refractivity contribution is -0.383. The Bertz CT molecular complexity index is 714. The van der Waals surface area contributed by atoms with E-state index in [0.717, 1.165) is 6.42 Å². The first kappa shape index (κ1) is 13.2. The van der Waals surface area contributed by atoms with Crippen LogP contribution < -0.4 is 16.2 Å². The summed E-state index contributed by atoms with van der Waals surface area (Å²) in [4.78, 5) is 24.0. The van der Waals surface area contributed by atoms with Crippen molar-refractivity contribution < 1.29 is 14.3 Å². The Labute approximate surface area is 118 Å². The van der Waals surface area contributed by atoms with Crippen molar-refractivity contribution in [2.45, 2.75) is 18.9 Å². The number of nitrogens with two attached hydrogens (primary N) is 1. The van der Waals surface area contributed by atoms with Gasteiger partial charge in [-0.1, -0.05) is 0 Å². The summed E-state index contributed by atoms with van der Waals surface area (Å²) in [5, 5.41) is 18.3. The van der Waals surface area contributed by atoms with Crippen molar-refractivity contribution in [2.75, 3.05) is 11.4 Å². The highest BCUT2D eigenvalue weighted by atomic mass is 16.6. The van der Waals surface area contributed by atoms with Crippen LogP contribution >= 0.6 is 0 Å². The monoisotopic (exact) mass is 292 g/mol. The van der Waals surface area contributed by atoms with Gasteiger partial charge in [0.15, 0.2) is 5.52 Å². The Morgan fingerprint density at radius 3 is 2.95 bits per heavy atom. The van der Waals surface area contributed by atoms with Crippen LogP contribution in [-0.2, 0) is 4.79 Å². The van der Waals surface area contributed by atoms with Gasteiger partial charge in [0, 0.05) is 12.6 Å². The number of anilines is 1. The molecule has 0 aliphatic carbocycles. The highest BCUT2D eigenvalue weighted by molar-refractivity contribution is 5.96. The lowest BCUT2D eigenvalue weighted by Crippen LogP contribution is -2.46. The summed E-state index contributed by atoms with van der Waals surface area (Å²) in [5.74, 6) is 4.88. The maximum absolute atomic E-state index is 11.8. The minimum Gasteiger partial charge on any atom is -0.358 e. The molecular formula is C11H12N6O4. The molecule has 1 unspecified atom stereocenters. The minimum absolute atomic E-state index is 0.0660. The van der Waals surface area contributed by atoms with Crippen LogP contribution in [0.4, 0.5) is 11.4 Å². The highest BCUT2D eigenvalue weighted by Crippen LogP contribution is 2.34. The zero-order valence-corrected chi connectivity index (χ0v) is 10.9. The summed E-state index contributed by atoms with van der Waals surface area (Å²) < 4.78 is 4.62. The van der Waals surface area contributed by atoms with Crippen molar-refractivity contribution in [3.63, 3.8) is 0 Å². The van der Waals surface area contributed by atoms with E-state index in [2.05, 4.69) is 20.4 Å². The number of rotatable bonds is 3. The van der Waals surface area contributed by atoms with Crippen LogP contribution in [-0.4, -0.2) is 33.7 Å². The van der Waals surface area contributed by atoms with Crippen LogP contribution in [0.1, 0.15) is 12.8 Å². The van der Waals surface area contributed by atoms with E-state index in [0.29, 0.717) is 18.7 Å². The number of carbonyl (C=O) groups is 1. The molecule has 0 saturated carbocycles. The van der Waals surface area contributed by atoms with E-state index in [9.17, 15) is 14.9 Å².